The molecule has 0 N–H and O–H groups in total. The first-order valence-electron chi connectivity index (χ1n) is 14.8. The van der Waals surface area contributed by atoms with Crippen molar-refractivity contribution in [2.24, 2.45) is 0 Å². The highest BCUT2D eigenvalue weighted by atomic mass is 16.3. The average Bonchev–Trinajstić information content (AvgIpc) is 3.64. The van der Waals surface area contributed by atoms with Crippen molar-refractivity contribution >= 4 is 28.0 Å². The van der Waals surface area contributed by atoms with Crippen LogP contribution in [0.2, 0.25) is 0 Å². The van der Waals surface area contributed by atoms with Crippen molar-refractivity contribution in [2.45, 2.75) is 32.6 Å². The van der Waals surface area contributed by atoms with Crippen molar-refractivity contribution in [1.82, 2.24) is 4.58 Å². The van der Waals surface area contributed by atoms with Crippen LogP contribution in [0.4, 0.5) is 17.1 Å². The fourth-order valence-corrected chi connectivity index (χ4v) is 6.93. The van der Waals surface area contributed by atoms with Gasteiger partial charge in [-0.3, -0.25) is 0 Å². The zero-order chi connectivity index (χ0) is 27.5. The van der Waals surface area contributed by atoms with E-state index in [1.165, 1.54) is 50.2 Å². The predicted octanol–water partition coefficient (Wildman–Crippen LogP) is 8.68. The van der Waals surface area contributed by atoms with E-state index in [9.17, 15) is 0 Å². The lowest BCUT2D eigenvalue weighted by Crippen LogP contribution is -2.23. The molecule has 0 aromatic heterocycles. The molecule has 0 radical (unpaired) electrons. The Bertz CT molecular complexity index is 2000. The van der Waals surface area contributed by atoms with Crippen molar-refractivity contribution in [3.63, 3.8) is 0 Å². The van der Waals surface area contributed by atoms with Crippen LogP contribution in [0.15, 0.2) is 114 Å². The number of anilines is 2. The molecule has 3 nitrogen and oxygen atoms in total. The van der Waals surface area contributed by atoms with E-state index in [1.807, 2.05) is 0 Å². The van der Waals surface area contributed by atoms with Gasteiger partial charge in [0.15, 0.2) is 6.54 Å². The quantitative estimate of drug-likeness (QED) is 0.167. The second-order valence-electron chi connectivity index (χ2n) is 11.6. The van der Waals surface area contributed by atoms with Crippen molar-refractivity contribution in [2.75, 3.05) is 18.0 Å². The third-order valence-electron chi connectivity index (χ3n) is 8.94. The van der Waals surface area contributed by atoms with Gasteiger partial charge in [0.25, 0.3) is 0 Å². The van der Waals surface area contributed by atoms with Gasteiger partial charge in [0.1, 0.15) is 11.3 Å². The van der Waals surface area contributed by atoms with Gasteiger partial charge in [-0.15, -0.1) is 0 Å². The molecule has 0 bridgehead atoms. The van der Waals surface area contributed by atoms with Gasteiger partial charge in [-0.25, -0.2) is 0 Å². The summed E-state index contributed by atoms with van der Waals surface area (Å²) in [7, 11) is 0. The summed E-state index contributed by atoms with van der Waals surface area (Å²) in [6, 6.07) is 39.9. The van der Waals surface area contributed by atoms with Gasteiger partial charge >= 0.3 is 0 Å². The lowest BCUT2D eigenvalue weighted by Gasteiger charge is -2.22. The summed E-state index contributed by atoms with van der Waals surface area (Å²) in [6.45, 7) is 6.53. The predicted molar refractivity (Wildman–Crippen MR) is 169 cm³/mol. The van der Waals surface area contributed by atoms with Gasteiger partial charge in [0, 0.05) is 64.6 Å². The highest BCUT2D eigenvalue weighted by Crippen LogP contribution is 2.44. The van der Waals surface area contributed by atoms with Gasteiger partial charge < -0.3 is 9.32 Å². The molecule has 3 aliphatic heterocycles. The summed E-state index contributed by atoms with van der Waals surface area (Å²) >= 11 is 0. The van der Waals surface area contributed by atoms with Crippen LogP contribution in [0.25, 0.3) is 33.4 Å². The molecule has 1 aliphatic carbocycles. The Balaban J connectivity index is 1.40. The van der Waals surface area contributed by atoms with E-state index < -0.39 is 0 Å². The average molecular weight is 534 g/mol. The maximum atomic E-state index is 6.83. The van der Waals surface area contributed by atoms with E-state index in [4.69, 9.17) is 4.42 Å². The van der Waals surface area contributed by atoms with Gasteiger partial charge in [-0.1, -0.05) is 74.5 Å². The minimum atomic E-state index is 0.411. The van der Waals surface area contributed by atoms with Gasteiger partial charge in [-0.2, -0.15) is 4.58 Å². The number of fused-ring (bicyclic) bond motifs is 4. The van der Waals surface area contributed by atoms with E-state index in [0.717, 1.165) is 48.2 Å². The Kier molecular flexibility index (Phi) is 5.60. The number of hydrogen-bond acceptors (Lipinski definition) is 2. The van der Waals surface area contributed by atoms with Crippen LogP contribution in [-0.2, 0) is 12.8 Å². The van der Waals surface area contributed by atoms with Crippen LogP contribution in [0.1, 0.15) is 36.5 Å². The first-order chi connectivity index (χ1) is 20.2. The smallest absolute Gasteiger partial charge is 0.209 e. The summed E-state index contributed by atoms with van der Waals surface area (Å²) in [5, 5.41) is 2.33. The normalized spacial score (nSPS) is 15.6. The summed E-state index contributed by atoms with van der Waals surface area (Å²) in [5.41, 5.74) is 12.6. The maximum absolute atomic E-state index is 6.83. The van der Waals surface area contributed by atoms with Crippen molar-refractivity contribution in [3.8, 4) is 22.5 Å². The molecule has 4 aliphatic rings. The summed E-state index contributed by atoms with van der Waals surface area (Å²) in [6.07, 6.45) is 2.13. The Morgan fingerprint density at radius 1 is 0.732 bits per heavy atom. The Morgan fingerprint density at radius 2 is 1.54 bits per heavy atom. The van der Waals surface area contributed by atoms with E-state index in [0.29, 0.717) is 5.92 Å². The molecule has 0 saturated heterocycles. The van der Waals surface area contributed by atoms with Gasteiger partial charge in [0.2, 0.25) is 11.0 Å². The molecule has 4 aromatic rings. The number of nitrogens with zero attached hydrogens (tertiary/aromatic N) is 2. The van der Waals surface area contributed by atoms with Crippen molar-refractivity contribution < 1.29 is 4.42 Å². The summed E-state index contributed by atoms with van der Waals surface area (Å²) in [4.78, 5) is 2.42. The van der Waals surface area contributed by atoms with E-state index in [2.05, 4.69) is 133 Å². The summed E-state index contributed by atoms with van der Waals surface area (Å²) < 4.78 is 9.26. The Labute approximate surface area is 241 Å². The van der Waals surface area contributed by atoms with Gasteiger partial charge in [-0.05, 0) is 53.3 Å². The van der Waals surface area contributed by atoms with Crippen LogP contribution in [-0.4, -0.2) is 13.1 Å². The Morgan fingerprint density at radius 3 is 2.44 bits per heavy atom. The van der Waals surface area contributed by atoms with Crippen LogP contribution < -0.4 is 14.8 Å². The number of hydrogen-bond donors (Lipinski definition) is 0. The minimum absolute atomic E-state index is 0.411. The lowest BCUT2D eigenvalue weighted by atomic mass is 9.87. The molecule has 8 rings (SSSR count). The molecular formula is C38H33N2O+. The first kappa shape index (κ1) is 24.2. The van der Waals surface area contributed by atoms with E-state index >= 15 is 0 Å². The SMILES string of the molecule is CC(C)c1ccccc1-c1c2ccc(=[N+]3CCc4ccccc43)cc-2oc2cc(N3CCc4ccccc43)ccc12. The number of para-hydroxylation sites is 2. The van der Waals surface area contributed by atoms with Crippen molar-refractivity contribution in [3.05, 3.63) is 131 Å². The standard InChI is InChI=1S/C38H33N2O/c1-25(2)30-11-5-6-12-31(30)38-32-17-15-28(39-21-19-26-9-3-7-13-34(26)39)23-36(32)41-37-24-29(16-18-33(37)38)40-22-20-27-10-4-8-14-35(27)40/h3-18,23-25H,19-22H2,1-2H3/q+1. The molecule has 41 heavy (non-hydrogen) atoms. The Hall–Kier alpha value is -4.63. The molecule has 200 valence electrons. The monoisotopic (exact) mass is 533 g/mol. The fourth-order valence-electron chi connectivity index (χ4n) is 6.93. The number of benzene rings is 5. The molecule has 4 aromatic carbocycles. The van der Waals surface area contributed by atoms with Gasteiger partial charge in [0.05, 0.1) is 6.07 Å². The highest BCUT2D eigenvalue weighted by Gasteiger charge is 2.26. The molecule has 0 amide bonds. The fraction of sp³-hybridized carbons (Fsp3) is 0.184. The van der Waals surface area contributed by atoms with E-state index in [1.54, 1.807) is 0 Å². The topological polar surface area (TPSA) is 19.4 Å². The molecule has 0 atom stereocenters. The molecule has 0 saturated carbocycles. The molecule has 0 fully saturated rings. The molecule has 3 heteroatoms. The first-order valence-corrected chi connectivity index (χ1v) is 14.8. The number of rotatable bonds is 3. The summed E-state index contributed by atoms with van der Waals surface area (Å²) in [5.74, 6) is 1.33. The second-order valence-corrected chi connectivity index (χ2v) is 11.6. The van der Waals surface area contributed by atoms with Crippen LogP contribution in [0.3, 0.4) is 0 Å². The van der Waals surface area contributed by atoms with E-state index in [-0.39, 0.29) is 0 Å². The highest BCUT2D eigenvalue weighted by molar-refractivity contribution is 6.03. The van der Waals surface area contributed by atoms with Crippen molar-refractivity contribution in [1.29, 1.82) is 0 Å². The third kappa shape index (κ3) is 3.91. The van der Waals surface area contributed by atoms with Crippen LogP contribution in [0.5, 0.6) is 0 Å². The third-order valence-corrected chi connectivity index (χ3v) is 8.94. The maximum Gasteiger partial charge on any atom is 0.209 e. The largest absolute Gasteiger partial charge is 0.456 e. The minimum Gasteiger partial charge on any atom is -0.456 e. The zero-order valence-electron chi connectivity index (χ0n) is 23.6. The molecule has 0 spiro atoms. The molecular weight excluding hydrogens is 500 g/mol. The molecule has 3 heterocycles. The zero-order valence-corrected chi connectivity index (χ0v) is 23.6. The lowest BCUT2D eigenvalue weighted by molar-refractivity contribution is 0.617. The molecule has 0 unspecified atom stereocenters. The van der Waals surface area contributed by atoms with Crippen LogP contribution >= 0.6 is 0 Å². The van der Waals surface area contributed by atoms with Crippen LogP contribution in [0, 0.1) is 0 Å². The second kappa shape index (κ2) is 9.49.